The number of aliphatic hydroxyl groups is 5. The van der Waals surface area contributed by atoms with Crippen LogP contribution in [0.2, 0.25) is 0 Å². The van der Waals surface area contributed by atoms with Gasteiger partial charge < -0.3 is 30.3 Å². The molecule has 23 heavy (non-hydrogen) atoms. The summed E-state index contributed by atoms with van der Waals surface area (Å²) in [4.78, 5) is 11.7. The van der Waals surface area contributed by atoms with Gasteiger partial charge in [0.2, 0.25) is 0 Å². The number of esters is 1. The van der Waals surface area contributed by atoms with Gasteiger partial charge in [0.05, 0.1) is 37.6 Å². The van der Waals surface area contributed by atoms with E-state index in [9.17, 15) is 30.3 Å². The number of aliphatic hydroxyl groups excluding tert-OH is 4. The minimum Gasteiger partial charge on any atom is -0.466 e. The molecule has 0 heterocycles. The van der Waals surface area contributed by atoms with Crippen LogP contribution in [0, 0.1) is 17.3 Å². The molecule has 2 aliphatic carbocycles. The third kappa shape index (κ3) is 2.70. The molecule has 0 aliphatic heterocycles. The molecular weight excluding hydrogens is 304 g/mol. The van der Waals surface area contributed by atoms with E-state index in [1.807, 2.05) is 0 Å². The Balaban J connectivity index is 2.44. The molecule has 7 heteroatoms. The number of ether oxygens (including phenoxy) is 1. The second-order valence-electron chi connectivity index (χ2n) is 7.10. The van der Waals surface area contributed by atoms with Crippen molar-refractivity contribution in [1.82, 2.24) is 0 Å². The number of carbonyl (C=O) groups is 1. The number of carbonyl (C=O) groups excluding carboxylic acids is 1. The van der Waals surface area contributed by atoms with E-state index < -0.39 is 53.7 Å². The molecule has 0 bridgehead atoms. The van der Waals surface area contributed by atoms with Gasteiger partial charge in [0, 0.05) is 22.8 Å². The van der Waals surface area contributed by atoms with E-state index in [4.69, 9.17) is 0 Å². The van der Waals surface area contributed by atoms with Crippen LogP contribution in [0.4, 0.5) is 0 Å². The maximum absolute atomic E-state index is 11.7. The lowest BCUT2D eigenvalue weighted by Gasteiger charge is -2.59. The predicted molar refractivity (Wildman–Crippen MR) is 80.2 cm³/mol. The van der Waals surface area contributed by atoms with Crippen molar-refractivity contribution in [2.75, 3.05) is 13.7 Å². The van der Waals surface area contributed by atoms with E-state index >= 15 is 0 Å². The molecule has 0 spiro atoms. The summed E-state index contributed by atoms with van der Waals surface area (Å²) in [5.74, 6) is -2.68. The summed E-state index contributed by atoms with van der Waals surface area (Å²) in [5, 5.41) is 52.0. The lowest BCUT2D eigenvalue weighted by molar-refractivity contribution is -0.246. The van der Waals surface area contributed by atoms with Crippen LogP contribution in [-0.4, -0.2) is 69.1 Å². The summed E-state index contributed by atoms with van der Waals surface area (Å²) in [6.45, 7) is 4.70. The predicted octanol–water partition coefficient (Wildman–Crippen LogP) is -1.04. The van der Waals surface area contributed by atoms with E-state index in [-0.39, 0.29) is 24.8 Å². The van der Waals surface area contributed by atoms with Crippen molar-refractivity contribution in [3.8, 4) is 0 Å². The van der Waals surface area contributed by atoms with Crippen molar-refractivity contribution < 1.29 is 35.1 Å². The van der Waals surface area contributed by atoms with Crippen LogP contribution >= 0.6 is 0 Å². The Morgan fingerprint density at radius 1 is 1.35 bits per heavy atom. The van der Waals surface area contributed by atoms with Crippen LogP contribution in [-0.2, 0) is 9.53 Å². The summed E-state index contributed by atoms with van der Waals surface area (Å²) in [5.41, 5.74) is -2.67. The van der Waals surface area contributed by atoms with Gasteiger partial charge in [0.1, 0.15) is 0 Å². The fourth-order valence-corrected chi connectivity index (χ4v) is 4.56. The summed E-state index contributed by atoms with van der Waals surface area (Å²) in [6, 6.07) is 0. The fourth-order valence-electron chi connectivity index (χ4n) is 4.56. The third-order valence-corrected chi connectivity index (χ3v) is 5.80. The highest BCUT2D eigenvalue weighted by atomic mass is 16.5. The van der Waals surface area contributed by atoms with E-state index in [1.165, 1.54) is 7.11 Å². The first kappa shape index (κ1) is 18.4. The van der Waals surface area contributed by atoms with Gasteiger partial charge in [-0.05, 0) is 19.3 Å². The zero-order valence-corrected chi connectivity index (χ0v) is 13.5. The summed E-state index contributed by atoms with van der Waals surface area (Å²) >= 11 is 0. The summed E-state index contributed by atoms with van der Waals surface area (Å²) in [7, 11) is 1.17. The molecule has 7 nitrogen and oxygen atoms in total. The number of hydrogen-bond donors (Lipinski definition) is 5. The van der Waals surface area contributed by atoms with Gasteiger partial charge in [0.15, 0.2) is 0 Å². The highest BCUT2D eigenvalue weighted by Gasteiger charge is 2.63. The van der Waals surface area contributed by atoms with E-state index in [1.54, 1.807) is 6.92 Å². The number of rotatable bonds is 3. The van der Waals surface area contributed by atoms with Gasteiger partial charge in [-0.15, -0.1) is 0 Å². The molecule has 2 saturated carbocycles. The van der Waals surface area contributed by atoms with Crippen molar-refractivity contribution in [3.63, 3.8) is 0 Å². The largest absolute Gasteiger partial charge is 0.466 e. The Labute approximate surface area is 135 Å². The van der Waals surface area contributed by atoms with Crippen molar-refractivity contribution in [1.29, 1.82) is 0 Å². The Morgan fingerprint density at radius 3 is 2.48 bits per heavy atom. The van der Waals surface area contributed by atoms with Crippen molar-refractivity contribution in [2.45, 2.75) is 50.1 Å². The Kier molecular flexibility index (Phi) is 4.90. The monoisotopic (exact) mass is 330 g/mol. The molecule has 0 aromatic carbocycles. The SMILES string of the molecule is C=C(C(=O)OC)[C@H]1[C@@H](O)[C@H]2[C@](O)(CO)CC[C@H](O)[C@]2(C)C[C@@H]1O. The molecule has 2 rings (SSSR count). The number of hydrogen-bond acceptors (Lipinski definition) is 7. The molecular formula is C16H26O7. The van der Waals surface area contributed by atoms with E-state index in [0.717, 1.165) is 0 Å². The minimum absolute atomic E-state index is 0.0683. The standard InChI is InChI=1S/C16H26O7/c1-8(14(21)23-3)11-9(18)6-15(2)10(19)4-5-16(22,7-17)13(15)12(11)20/h9-13,17-20,22H,1,4-7H2,2-3H3/t9-,10-,11+,12+,13+,15-,16+/m0/s1. The second-order valence-corrected chi connectivity index (χ2v) is 7.10. The van der Waals surface area contributed by atoms with Gasteiger partial charge in [-0.3, -0.25) is 0 Å². The zero-order chi connectivity index (χ0) is 17.6. The zero-order valence-electron chi connectivity index (χ0n) is 13.5. The number of fused-ring (bicyclic) bond motifs is 1. The molecule has 0 amide bonds. The first-order chi connectivity index (χ1) is 10.6. The molecule has 5 N–H and O–H groups in total. The first-order valence-electron chi connectivity index (χ1n) is 7.77. The average molecular weight is 330 g/mol. The van der Waals surface area contributed by atoms with Crippen LogP contribution in [0.1, 0.15) is 26.2 Å². The maximum atomic E-state index is 11.7. The van der Waals surface area contributed by atoms with Gasteiger partial charge in [-0.25, -0.2) is 4.79 Å². The summed E-state index contributed by atoms with van der Waals surface area (Å²) in [6.07, 6.45) is -2.85. The third-order valence-electron chi connectivity index (χ3n) is 5.80. The molecule has 0 aromatic heterocycles. The van der Waals surface area contributed by atoms with Crippen molar-refractivity contribution in [3.05, 3.63) is 12.2 Å². The van der Waals surface area contributed by atoms with Gasteiger partial charge in [0.25, 0.3) is 0 Å². The fraction of sp³-hybridized carbons (Fsp3) is 0.812. The lowest BCUT2D eigenvalue weighted by atomic mass is 9.50. The Hall–Kier alpha value is -0.990. The average Bonchev–Trinajstić information content (AvgIpc) is 2.49. The molecule has 0 aromatic rings. The lowest BCUT2D eigenvalue weighted by Crippen LogP contribution is -2.67. The number of methoxy groups -OCH3 is 1. The molecule has 132 valence electrons. The van der Waals surface area contributed by atoms with Crippen molar-refractivity contribution in [2.24, 2.45) is 17.3 Å². The van der Waals surface area contributed by atoms with E-state index in [0.29, 0.717) is 0 Å². The molecule has 0 radical (unpaired) electrons. The molecule has 2 aliphatic rings. The van der Waals surface area contributed by atoms with Crippen LogP contribution in [0.3, 0.4) is 0 Å². The van der Waals surface area contributed by atoms with Crippen LogP contribution in [0.5, 0.6) is 0 Å². The summed E-state index contributed by atoms with van der Waals surface area (Å²) < 4.78 is 4.60. The van der Waals surface area contributed by atoms with E-state index in [2.05, 4.69) is 11.3 Å². The highest BCUT2D eigenvalue weighted by Crippen LogP contribution is 2.56. The molecule has 0 unspecified atom stereocenters. The van der Waals surface area contributed by atoms with Crippen molar-refractivity contribution >= 4 is 5.97 Å². The smallest absolute Gasteiger partial charge is 0.333 e. The minimum atomic E-state index is -1.60. The molecule has 7 atom stereocenters. The van der Waals surface area contributed by atoms with Gasteiger partial charge >= 0.3 is 5.97 Å². The topological polar surface area (TPSA) is 127 Å². The van der Waals surface area contributed by atoms with Crippen LogP contribution < -0.4 is 0 Å². The maximum Gasteiger partial charge on any atom is 0.333 e. The first-order valence-corrected chi connectivity index (χ1v) is 7.77. The molecule has 0 saturated heterocycles. The van der Waals surface area contributed by atoms with Crippen LogP contribution in [0.15, 0.2) is 12.2 Å². The highest BCUT2D eigenvalue weighted by molar-refractivity contribution is 5.88. The van der Waals surface area contributed by atoms with Gasteiger partial charge in [-0.2, -0.15) is 0 Å². The Morgan fingerprint density at radius 2 is 1.96 bits per heavy atom. The molecule has 2 fully saturated rings. The second kappa shape index (κ2) is 6.14. The quantitative estimate of drug-likeness (QED) is 0.330. The Bertz CT molecular complexity index is 493. The van der Waals surface area contributed by atoms with Crippen LogP contribution in [0.25, 0.3) is 0 Å². The van der Waals surface area contributed by atoms with Gasteiger partial charge in [-0.1, -0.05) is 13.5 Å². The normalized spacial score (nSPS) is 46.8.